The zero-order valence-corrected chi connectivity index (χ0v) is 16.0. The van der Waals surface area contributed by atoms with E-state index in [9.17, 15) is 4.79 Å². The topological polar surface area (TPSA) is 54.0 Å². The second-order valence-corrected chi connectivity index (χ2v) is 6.74. The molecule has 0 saturated carbocycles. The Morgan fingerprint density at radius 3 is 2.84 bits per heavy atom. The van der Waals surface area contributed by atoms with Crippen LogP contribution in [0.5, 0.6) is 5.75 Å². The second kappa shape index (κ2) is 9.85. The molecule has 140 valence electrons. The maximum absolute atomic E-state index is 12.5. The lowest BCUT2D eigenvalue weighted by molar-refractivity contribution is 0.0347. The van der Waals surface area contributed by atoms with Crippen LogP contribution >= 0.6 is 11.6 Å². The second-order valence-electron chi connectivity index (χ2n) is 6.30. The maximum Gasteiger partial charge on any atom is 0.317 e. The molecule has 1 saturated heterocycles. The molecule has 2 rings (SSSR count). The van der Waals surface area contributed by atoms with Gasteiger partial charge < -0.3 is 19.7 Å². The molecule has 0 spiro atoms. The molecule has 7 heteroatoms. The summed E-state index contributed by atoms with van der Waals surface area (Å²) in [6.45, 7) is 9.13. The first-order valence-electron chi connectivity index (χ1n) is 8.72. The van der Waals surface area contributed by atoms with Crippen LogP contribution in [0.25, 0.3) is 0 Å². The van der Waals surface area contributed by atoms with Gasteiger partial charge in [0.15, 0.2) is 0 Å². The van der Waals surface area contributed by atoms with Crippen LogP contribution in [0.2, 0.25) is 5.02 Å². The summed E-state index contributed by atoms with van der Waals surface area (Å²) < 4.78 is 11.0. The SMILES string of the molecule is CCOc1ccc(Cl)cc1CN(C)C(=O)N[C@@H](C)CN1CCOCC1. The van der Waals surface area contributed by atoms with Crippen molar-refractivity contribution in [2.75, 3.05) is 46.5 Å². The van der Waals surface area contributed by atoms with Gasteiger partial charge in [-0.05, 0) is 32.0 Å². The van der Waals surface area contributed by atoms with Crippen molar-refractivity contribution in [3.8, 4) is 5.75 Å². The summed E-state index contributed by atoms with van der Waals surface area (Å²) >= 11 is 6.08. The number of carbonyl (C=O) groups excluding carboxylic acids is 1. The number of hydrogen-bond donors (Lipinski definition) is 1. The number of rotatable bonds is 7. The first kappa shape index (κ1) is 19.8. The van der Waals surface area contributed by atoms with Gasteiger partial charge >= 0.3 is 6.03 Å². The number of benzene rings is 1. The molecule has 1 N–H and O–H groups in total. The monoisotopic (exact) mass is 369 g/mol. The van der Waals surface area contributed by atoms with E-state index in [-0.39, 0.29) is 12.1 Å². The maximum atomic E-state index is 12.5. The summed E-state index contributed by atoms with van der Waals surface area (Å²) in [4.78, 5) is 16.4. The number of morpholine rings is 1. The van der Waals surface area contributed by atoms with Gasteiger partial charge in [0, 0.05) is 43.3 Å². The third-order valence-corrected chi connectivity index (χ3v) is 4.32. The molecule has 1 atom stereocenters. The minimum atomic E-state index is -0.108. The van der Waals surface area contributed by atoms with Crippen LogP contribution in [0, 0.1) is 0 Å². The summed E-state index contributed by atoms with van der Waals surface area (Å²) in [5, 5.41) is 3.68. The molecule has 0 aromatic heterocycles. The first-order chi connectivity index (χ1) is 12.0. The van der Waals surface area contributed by atoms with E-state index in [2.05, 4.69) is 10.2 Å². The number of ether oxygens (including phenoxy) is 2. The Balaban J connectivity index is 1.88. The zero-order chi connectivity index (χ0) is 18.2. The Morgan fingerprint density at radius 2 is 2.16 bits per heavy atom. The van der Waals surface area contributed by atoms with Gasteiger partial charge in [0.2, 0.25) is 0 Å². The molecule has 25 heavy (non-hydrogen) atoms. The number of nitrogens with one attached hydrogen (secondary N) is 1. The molecule has 2 amide bonds. The Hall–Kier alpha value is -1.50. The predicted octanol–water partition coefficient (Wildman–Crippen LogP) is 2.60. The van der Waals surface area contributed by atoms with E-state index in [4.69, 9.17) is 21.1 Å². The van der Waals surface area contributed by atoms with Gasteiger partial charge in [-0.2, -0.15) is 0 Å². The van der Waals surface area contributed by atoms with Crippen LogP contribution in [0.3, 0.4) is 0 Å². The van der Waals surface area contributed by atoms with Gasteiger partial charge in [-0.25, -0.2) is 4.79 Å². The third-order valence-electron chi connectivity index (χ3n) is 4.08. The molecule has 1 heterocycles. The fourth-order valence-electron chi connectivity index (χ4n) is 2.83. The van der Waals surface area contributed by atoms with E-state index in [0.29, 0.717) is 18.2 Å². The zero-order valence-electron chi connectivity index (χ0n) is 15.3. The van der Waals surface area contributed by atoms with E-state index in [1.54, 1.807) is 18.0 Å². The van der Waals surface area contributed by atoms with Gasteiger partial charge in [0.05, 0.1) is 26.4 Å². The standard InChI is InChI=1S/C18H28ClN3O3/c1-4-25-17-6-5-16(19)11-15(17)13-21(3)18(23)20-14(2)12-22-7-9-24-10-8-22/h5-6,11,14H,4,7-10,12-13H2,1-3H3,(H,20,23)/t14-/m0/s1. The van der Waals surface area contributed by atoms with Crippen LogP contribution in [0.15, 0.2) is 18.2 Å². The molecule has 1 aliphatic heterocycles. The highest BCUT2D eigenvalue weighted by molar-refractivity contribution is 6.30. The van der Waals surface area contributed by atoms with E-state index >= 15 is 0 Å². The van der Waals surface area contributed by atoms with Crippen molar-refractivity contribution < 1.29 is 14.3 Å². The summed E-state index contributed by atoms with van der Waals surface area (Å²) in [6.07, 6.45) is 0. The van der Waals surface area contributed by atoms with Crippen molar-refractivity contribution in [3.63, 3.8) is 0 Å². The number of hydrogen-bond acceptors (Lipinski definition) is 4. The molecule has 6 nitrogen and oxygen atoms in total. The van der Waals surface area contributed by atoms with Crippen LogP contribution in [-0.4, -0.2) is 68.4 Å². The lowest BCUT2D eigenvalue weighted by atomic mass is 10.2. The molecule has 0 radical (unpaired) electrons. The Morgan fingerprint density at radius 1 is 1.44 bits per heavy atom. The average Bonchev–Trinajstić information content (AvgIpc) is 2.58. The number of urea groups is 1. The summed E-state index contributed by atoms with van der Waals surface area (Å²) in [7, 11) is 1.77. The van der Waals surface area contributed by atoms with Crippen LogP contribution in [-0.2, 0) is 11.3 Å². The minimum Gasteiger partial charge on any atom is -0.494 e. The van der Waals surface area contributed by atoms with E-state index in [1.807, 2.05) is 26.0 Å². The lowest BCUT2D eigenvalue weighted by Crippen LogP contribution is -2.48. The molecule has 1 aliphatic rings. The van der Waals surface area contributed by atoms with Crippen LogP contribution in [0.4, 0.5) is 4.79 Å². The summed E-state index contributed by atoms with van der Waals surface area (Å²) in [5.41, 5.74) is 0.896. The largest absolute Gasteiger partial charge is 0.494 e. The quantitative estimate of drug-likeness (QED) is 0.802. The van der Waals surface area contributed by atoms with Gasteiger partial charge in [-0.1, -0.05) is 11.6 Å². The van der Waals surface area contributed by atoms with E-state index < -0.39 is 0 Å². The fourth-order valence-corrected chi connectivity index (χ4v) is 3.03. The van der Waals surface area contributed by atoms with Crippen molar-refractivity contribution in [1.82, 2.24) is 15.1 Å². The number of nitrogens with zero attached hydrogens (tertiary/aromatic N) is 2. The predicted molar refractivity (Wildman–Crippen MR) is 99.3 cm³/mol. The van der Waals surface area contributed by atoms with Crippen molar-refractivity contribution in [3.05, 3.63) is 28.8 Å². The van der Waals surface area contributed by atoms with Gasteiger partial charge in [0.1, 0.15) is 5.75 Å². The fraction of sp³-hybridized carbons (Fsp3) is 0.611. The summed E-state index contributed by atoms with van der Waals surface area (Å²) in [6, 6.07) is 5.43. The highest BCUT2D eigenvalue weighted by Gasteiger charge is 2.18. The third kappa shape index (κ3) is 6.38. The molecule has 0 aliphatic carbocycles. The van der Waals surface area contributed by atoms with E-state index in [0.717, 1.165) is 44.2 Å². The van der Waals surface area contributed by atoms with Crippen LogP contribution < -0.4 is 10.1 Å². The van der Waals surface area contributed by atoms with Gasteiger partial charge in [-0.15, -0.1) is 0 Å². The Labute approximate surface area is 155 Å². The highest BCUT2D eigenvalue weighted by atomic mass is 35.5. The number of amides is 2. The molecular weight excluding hydrogens is 342 g/mol. The Kier molecular flexibility index (Phi) is 7.81. The smallest absolute Gasteiger partial charge is 0.317 e. The molecule has 0 unspecified atom stereocenters. The molecular formula is C18H28ClN3O3. The van der Waals surface area contributed by atoms with Crippen molar-refractivity contribution in [2.45, 2.75) is 26.4 Å². The normalized spacial score (nSPS) is 16.3. The number of carbonyl (C=O) groups is 1. The first-order valence-corrected chi connectivity index (χ1v) is 9.10. The molecule has 1 aromatic carbocycles. The Bertz CT molecular complexity index is 564. The van der Waals surface area contributed by atoms with Crippen LogP contribution in [0.1, 0.15) is 19.4 Å². The van der Waals surface area contributed by atoms with Crippen molar-refractivity contribution >= 4 is 17.6 Å². The average molecular weight is 370 g/mol. The highest BCUT2D eigenvalue weighted by Crippen LogP contribution is 2.24. The molecule has 1 fully saturated rings. The van der Waals surface area contributed by atoms with Crippen molar-refractivity contribution in [1.29, 1.82) is 0 Å². The van der Waals surface area contributed by atoms with Gasteiger partial charge in [0.25, 0.3) is 0 Å². The number of halogens is 1. The molecule has 0 bridgehead atoms. The summed E-state index contributed by atoms with van der Waals surface area (Å²) in [5.74, 6) is 0.757. The van der Waals surface area contributed by atoms with Gasteiger partial charge in [-0.3, -0.25) is 4.90 Å². The molecule has 1 aromatic rings. The minimum absolute atomic E-state index is 0.0683. The lowest BCUT2D eigenvalue weighted by Gasteiger charge is -2.30. The van der Waals surface area contributed by atoms with E-state index in [1.165, 1.54) is 0 Å². The van der Waals surface area contributed by atoms with Crippen molar-refractivity contribution in [2.24, 2.45) is 0 Å².